The molecule has 0 saturated carbocycles. The molecule has 4 aromatic rings. The number of aromatic nitrogens is 3. The van der Waals surface area contributed by atoms with Crippen molar-refractivity contribution in [1.82, 2.24) is 15.0 Å². The summed E-state index contributed by atoms with van der Waals surface area (Å²) in [6.07, 6.45) is -4.96. The summed E-state index contributed by atoms with van der Waals surface area (Å²) in [5.41, 5.74) is -1.07. The molecular weight excluding hydrogens is 466 g/mol. The van der Waals surface area contributed by atoms with Crippen LogP contribution in [0.5, 0.6) is 5.75 Å². The summed E-state index contributed by atoms with van der Waals surface area (Å²) in [4.78, 5) is 12.7. The molecule has 0 fully saturated rings. The summed E-state index contributed by atoms with van der Waals surface area (Å²) in [7, 11) is 0. The molecule has 0 saturated heterocycles. The molecule has 0 bridgehead atoms. The Morgan fingerprint density at radius 2 is 1.80 bits per heavy atom. The third-order valence-electron chi connectivity index (χ3n) is 4.78. The van der Waals surface area contributed by atoms with E-state index in [0.717, 1.165) is 29.8 Å². The highest BCUT2D eigenvalue weighted by Crippen LogP contribution is 2.33. The number of benzene rings is 3. The zero-order valence-electron chi connectivity index (χ0n) is 17.8. The monoisotopic (exact) mass is 481 g/mol. The Bertz CT molecular complexity index is 1410. The summed E-state index contributed by atoms with van der Waals surface area (Å²) in [5.74, 6) is -1.43. The van der Waals surface area contributed by atoms with Crippen LogP contribution in [0, 0.1) is 17.1 Å². The van der Waals surface area contributed by atoms with Crippen molar-refractivity contribution < 1.29 is 27.1 Å². The van der Waals surface area contributed by atoms with E-state index in [4.69, 9.17) is 10.00 Å². The Labute approximate surface area is 196 Å². The molecular formula is C24H15F4N5O2. The molecule has 1 heterocycles. The van der Waals surface area contributed by atoms with Crippen molar-refractivity contribution in [3.05, 3.63) is 101 Å². The van der Waals surface area contributed by atoms with Crippen molar-refractivity contribution in [2.45, 2.75) is 12.8 Å². The van der Waals surface area contributed by atoms with Crippen LogP contribution in [-0.4, -0.2) is 20.9 Å². The van der Waals surface area contributed by atoms with Crippen LogP contribution < -0.4 is 10.1 Å². The molecule has 0 spiro atoms. The van der Waals surface area contributed by atoms with Crippen molar-refractivity contribution >= 4 is 11.6 Å². The molecule has 1 aromatic heterocycles. The van der Waals surface area contributed by atoms with Gasteiger partial charge in [-0.1, -0.05) is 23.4 Å². The van der Waals surface area contributed by atoms with Gasteiger partial charge in [-0.3, -0.25) is 4.79 Å². The second-order valence-corrected chi connectivity index (χ2v) is 7.26. The lowest BCUT2D eigenvalue weighted by atomic mass is 10.1. The minimum Gasteiger partial charge on any atom is -0.489 e. The average Bonchev–Trinajstić information content (AvgIpc) is 3.30. The molecule has 35 heavy (non-hydrogen) atoms. The predicted molar refractivity (Wildman–Crippen MR) is 116 cm³/mol. The summed E-state index contributed by atoms with van der Waals surface area (Å²) >= 11 is 0. The number of ether oxygens (including phenoxy) is 1. The number of carbonyl (C=O) groups is 1. The summed E-state index contributed by atoms with van der Waals surface area (Å²) in [6.45, 7) is 0.136. The van der Waals surface area contributed by atoms with Crippen LogP contribution in [0.3, 0.4) is 0 Å². The van der Waals surface area contributed by atoms with Crippen molar-refractivity contribution in [2.75, 3.05) is 5.32 Å². The van der Waals surface area contributed by atoms with E-state index in [9.17, 15) is 22.4 Å². The number of amides is 1. The zero-order chi connectivity index (χ0) is 25.0. The maximum absolute atomic E-state index is 13.8. The first-order valence-corrected chi connectivity index (χ1v) is 10.1. The molecule has 11 heteroatoms. The second-order valence-electron chi connectivity index (χ2n) is 7.26. The van der Waals surface area contributed by atoms with E-state index in [1.54, 1.807) is 36.4 Å². The van der Waals surface area contributed by atoms with Gasteiger partial charge in [-0.25, -0.2) is 9.07 Å². The van der Waals surface area contributed by atoms with E-state index in [0.29, 0.717) is 16.0 Å². The van der Waals surface area contributed by atoms with Gasteiger partial charge >= 0.3 is 6.18 Å². The first-order chi connectivity index (χ1) is 16.7. The highest BCUT2D eigenvalue weighted by atomic mass is 19.4. The molecule has 0 atom stereocenters. The quantitative estimate of drug-likeness (QED) is 0.386. The largest absolute Gasteiger partial charge is 0.489 e. The Morgan fingerprint density at radius 3 is 2.51 bits per heavy atom. The lowest BCUT2D eigenvalue weighted by Crippen LogP contribution is -2.21. The maximum atomic E-state index is 13.8. The highest BCUT2D eigenvalue weighted by Gasteiger charge is 2.42. The fraction of sp³-hybridized carbons (Fsp3) is 0.0833. The van der Waals surface area contributed by atoms with Crippen LogP contribution >= 0.6 is 0 Å². The van der Waals surface area contributed by atoms with Gasteiger partial charge in [0.2, 0.25) is 0 Å². The number of alkyl halides is 3. The number of nitrogens with one attached hydrogen (secondary N) is 1. The van der Waals surface area contributed by atoms with Crippen molar-refractivity contribution in [2.24, 2.45) is 0 Å². The summed E-state index contributed by atoms with van der Waals surface area (Å²) in [6, 6.07) is 19.0. The second kappa shape index (κ2) is 9.64. The number of rotatable bonds is 6. The molecule has 0 aliphatic heterocycles. The third kappa shape index (κ3) is 5.44. The van der Waals surface area contributed by atoms with Crippen molar-refractivity contribution in [1.29, 1.82) is 5.26 Å². The maximum Gasteiger partial charge on any atom is 0.435 e. The molecule has 0 aliphatic carbocycles. The molecule has 4 rings (SSSR count). The van der Waals surface area contributed by atoms with Crippen LogP contribution in [0.2, 0.25) is 0 Å². The van der Waals surface area contributed by atoms with Crippen LogP contribution in [0.1, 0.15) is 27.3 Å². The number of carbonyl (C=O) groups excluding carboxylic acids is 1. The van der Waals surface area contributed by atoms with Crippen LogP contribution in [0.4, 0.5) is 23.2 Å². The van der Waals surface area contributed by atoms with Gasteiger partial charge in [0.15, 0.2) is 11.4 Å². The first kappa shape index (κ1) is 23.4. The van der Waals surface area contributed by atoms with Crippen LogP contribution in [0.15, 0.2) is 72.8 Å². The minimum atomic E-state index is -4.96. The molecule has 0 radical (unpaired) electrons. The van der Waals surface area contributed by atoms with Gasteiger partial charge in [-0.2, -0.15) is 18.4 Å². The number of anilines is 1. The molecule has 0 unspecified atom stereocenters. The third-order valence-corrected chi connectivity index (χ3v) is 4.78. The lowest BCUT2D eigenvalue weighted by Gasteiger charge is -2.12. The fourth-order valence-electron chi connectivity index (χ4n) is 3.20. The molecule has 0 aliphatic rings. The zero-order valence-corrected chi connectivity index (χ0v) is 17.8. The molecule has 1 amide bonds. The van der Waals surface area contributed by atoms with E-state index in [-0.39, 0.29) is 18.0 Å². The Morgan fingerprint density at radius 1 is 1.06 bits per heavy atom. The number of halogens is 4. The summed E-state index contributed by atoms with van der Waals surface area (Å²) in [5, 5.41) is 18.2. The predicted octanol–water partition coefficient (Wildman–Crippen LogP) is 5.13. The smallest absolute Gasteiger partial charge is 0.435 e. The van der Waals surface area contributed by atoms with E-state index in [2.05, 4.69) is 15.6 Å². The standard InChI is InChI=1S/C24H15F4N5O2/c25-17-7-9-19(10-8-17)33-22(24(26,27)28)21(31-32-33)23(34)30-18-5-2-6-20(12-18)35-14-16-4-1-3-15(11-16)13-29/h1-12H,14H2,(H,30,34). The normalized spacial score (nSPS) is 11.1. The molecule has 1 N–H and O–H groups in total. The number of hydrogen-bond donors (Lipinski definition) is 1. The number of nitriles is 1. The molecule has 3 aromatic carbocycles. The number of hydrogen-bond acceptors (Lipinski definition) is 5. The van der Waals surface area contributed by atoms with Gasteiger partial charge in [-0.15, -0.1) is 5.10 Å². The molecule has 7 nitrogen and oxygen atoms in total. The van der Waals surface area contributed by atoms with Crippen LogP contribution in [-0.2, 0) is 12.8 Å². The van der Waals surface area contributed by atoms with Gasteiger partial charge in [0, 0.05) is 11.8 Å². The van der Waals surface area contributed by atoms with Gasteiger partial charge < -0.3 is 10.1 Å². The van der Waals surface area contributed by atoms with Gasteiger partial charge in [0.25, 0.3) is 5.91 Å². The minimum absolute atomic E-state index is 0.110. The van der Waals surface area contributed by atoms with Crippen LogP contribution in [0.25, 0.3) is 5.69 Å². The first-order valence-electron chi connectivity index (χ1n) is 10.1. The Balaban J connectivity index is 1.54. The van der Waals surface area contributed by atoms with Crippen molar-refractivity contribution in [3.63, 3.8) is 0 Å². The van der Waals surface area contributed by atoms with Gasteiger partial charge in [-0.05, 0) is 54.1 Å². The highest BCUT2D eigenvalue weighted by molar-refractivity contribution is 6.03. The number of nitrogens with zero attached hydrogens (tertiary/aromatic N) is 4. The van der Waals surface area contributed by atoms with E-state index < -0.39 is 29.3 Å². The lowest BCUT2D eigenvalue weighted by molar-refractivity contribution is -0.143. The fourth-order valence-corrected chi connectivity index (χ4v) is 3.20. The molecule has 176 valence electrons. The van der Waals surface area contributed by atoms with E-state index in [1.807, 2.05) is 6.07 Å². The SMILES string of the molecule is N#Cc1cccc(COc2cccc(NC(=O)c3nnn(-c4ccc(F)cc4)c3C(F)(F)F)c2)c1. The summed E-state index contributed by atoms with van der Waals surface area (Å²) < 4.78 is 60.6. The topological polar surface area (TPSA) is 92.8 Å². The van der Waals surface area contributed by atoms with E-state index in [1.165, 1.54) is 12.1 Å². The van der Waals surface area contributed by atoms with Gasteiger partial charge in [0.1, 0.15) is 18.2 Å². The average molecular weight is 481 g/mol. The van der Waals surface area contributed by atoms with E-state index >= 15 is 0 Å². The Kier molecular flexibility index (Phi) is 6.46. The van der Waals surface area contributed by atoms with Gasteiger partial charge in [0.05, 0.1) is 17.3 Å². The van der Waals surface area contributed by atoms with Crippen molar-refractivity contribution in [3.8, 4) is 17.5 Å². The Hall–Kier alpha value is -4.72.